The van der Waals surface area contributed by atoms with Crippen LogP contribution in [0.4, 0.5) is 33.5 Å². The van der Waals surface area contributed by atoms with Crippen molar-refractivity contribution in [2.75, 3.05) is 31.7 Å². The summed E-state index contributed by atoms with van der Waals surface area (Å²) in [6.45, 7) is -7.26. The van der Waals surface area contributed by atoms with Gasteiger partial charge in [-0.15, -0.1) is 0 Å². The molecule has 0 aliphatic heterocycles. The number of aromatic nitrogens is 2. The highest BCUT2D eigenvalue weighted by Gasteiger charge is 2.15. The third kappa shape index (κ3) is 7.27. The van der Waals surface area contributed by atoms with E-state index in [1.807, 2.05) is 0 Å². The molecule has 0 fully saturated rings. The van der Waals surface area contributed by atoms with Crippen molar-refractivity contribution in [3.63, 3.8) is 0 Å². The van der Waals surface area contributed by atoms with Gasteiger partial charge in [-0.25, -0.2) is 14.4 Å². The summed E-state index contributed by atoms with van der Waals surface area (Å²) in [6, 6.07) is 6.91. The van der Waals surface area contributed by atoms with Crippen LogP contribution in [0.2, 0.25) is 5.02 Å². The monoisotopic (exact) mass is 493 g/mol. The summed E-state index contributed by atoms with van der Waals surface area (Å²) in [5, 5.41) is 3.42. The van der Waals surface area contributed by atoms with Gasteiger partial charge in [0.05, 0.1) is 24.4 Å². The van der Waals surface area contributed by atoms with Crippen LogP contribution in [0.1, 0.15) is 0 Å². The van der Waals surface area contributed by atoms with E-state index in [0.29, 0.717) is 10.9 Å². The number of benzene rings is 2. The van der Waals surface area contributed by atoms with E-state index in [4.69, 9.17) is 21.1 Å². The van der Waals surface area contributed by atoms with Crippen LogP contribution in [0.5, 0.6) is 11.5 Å². The number of nitrogens with one attached hydrogen (secondary N) is 1. The van der Waals surface area contributed by atoms with Gasteiger partial charge in [0.25, 0.3) is 0 Å². The molecule has 0 spiro atoms. The van der Waals surface area contributed by atoms with E-state index >= 15 is 0 Å². The van der Waals surface area contributed by atoms with Crippen LogP contribution in [0.15, 0.2) is 36.7 Å². The molecule has 1 N–H and O–H groups in total. The molecule has 0 amide bonds. The Bertz CT molecular complexity index is 1080. The van der Waals surface area contributed by atoms with Crippen molar-refractivity contribution in [3.8, 4) is 11.5 Å². The number of alkyl halides is 4. The second-order valence-electron chi connectivity index (χ2n) is 6.25. The summed E-state index contributed by atoms with van der Waals surface area (Å²) in [5.74, 6) is -0.233. The van der Waals surface area contributed by atoms with Crippen LogP contribution in [0, 0.1) is 5.82 Å². The lowest BCUT2D eigenvalue weighted by molar-refractivity contribution is -0.134. The smallest absolute Gasteiger partial charge is 0.345 e. The maximum absolute atomic E-state index is 14.2. The predicted molar refractivity (Wildman–Crippen MR) is 109 cm³/mol. The molecule has 0 aliphatic rings. The molecule has 3 rings (SSSR count). The summed E-state index contributed by atoms with van der Waals surface area (Å²) in [4.78, 5) is 8.23. The summed E-state index contributed by atoms with van der Waals surface area (Å²) < 4.78 is 82.1. The van der Waals surface area contributed by atoms with E-state index in [2.05, 4.69) is 24.8 Å². The molecule has 33 heavy (non-hydrogen) atoms. The van der Waals surface area contributed by atoms with Crippen LogP contribution >= 0.6 is 11.6 Å². The van der Waals surface area contributed by atoms with E-state index in [1.54, 1.807) is 0 Å². The fraction of sp³-hybridized carbons (Fsp3) is 0.300. The molecule has 2 aromatic carbocycles. The Morgan fingerprint density at radius 2 is 1.48 bits per heavy atom. The van der Waals surface area contributed by atoms with Crippen LogP contribution in [-0.4, -0.2) is 49.6 Å². The van der Waals surface area contributed by atoms with Crippen molar-refractivity contribution in [3.05, 3.63) is 47.5 Å². The SMILES string of the molecule is Fc1cc(Cl)ccc1Nc1ncnc2cc(OCCOC(F)F)c(OCCOC(F)F)cc12. The molecule has 0 saturated carbocycles. The fourth-order valence-electron chi connectivity index (χ4n) is 2.69. The summed E-state index contributed by atoms with van der Waals surface area (Å²) in [7, 11) is 0. The Morgan fingerprint density at radius 3 is 2.09 bits per heavy atom. The largest absolute Gasteiger partial charge is 0.487 e. The third-order valence-electron chi connectivity index (χ3n) is 4.05. The number of fused-ring (bicyclic) bond motifs is 1. The minimum Gasteiger partial charge on any atom is -0.487 e. The third-order valence-corrected chi connectivity index (χ3v) is 4.29. The Morgan fingerprint density at radius 1 is 0.848 bits per heavy atom. The van der Waals surface area contributed by atoms with Crippen LogP contribution in [0.25, 0.3) is 10.9 Å². The van der Waals surface area contributed by atoms with Gasteiger partial charge in [-0.2, -0.15) is 17.6 Å². The van der Waals surface area contributed by atoms with Crippen LogP contribution in [-0.2, 0) is 9.47 Å². The molecule has 0 saturated heterocycles. The summed E-state index contributed by atoms with van der Waals surface area (Å²) in [6.07, 6.45) is 1.22. The molecular weight excluding hydrogens is 477 g/mol. The highest BCUT2D eigenvalue weighted by molar-refractivity contribution is 6.30. The number of halogens is 6. The normalized spacial score (nSPS) is 11.4. The van der Waals surface area contributed by atoms with Crippen molar-refractivity contribution in [1.82, 2.24) is 9.97 Å². The van der Waals surface area contributed by atoms with Gasteiger partial charge in [0.15, 0.2) is 11.5 Å². The molecule has 3 aromatic rings. The van der Waals surface area contributed by atoms with E-state index in [1.165, 1.54) is 30.6 Å². The minimum atomic E-state index is -2.97. The molecule has 0 unspecified atom stereocenters. The average Bonchev–Trinajstić information content (AvgIpc) is 2.76. The van der Waals surface area contributed by atoms with Crippen molar-refractivity contribution >= 4 is 34.0 Å². The van der Waals surface area contributed by atoms with Gasteiger partial charge in [-0.1, -0.05) is 11.6 Å². The van der Waals surface area contributed by atoms with Gasteiger partial charge >= 0.3 is 13.2 Å². The highest BCUT2D eigenvalue weighted by Crippen LogP contribution is 2.35. The zero-order valence-corrected chi connectivity index (χ0v) is 17.5. The fourth-order valence-corrected chi connectivity index (χ4v) is 2.84. The molecule has 0 aliphatic carbocycles. The molecule has 1 heterocycles. The van der Waals surface area contributed by atoms with Crippen LogP contribution in [0.3, 0.4) is 0 Å². The number of anilines is 2. The first kappa shape index (κ1) is 24.7. The first-order chi connectivity index (χ1) is 15.8. The van der Waals surface area contributed by atoms with Gasteiger partial charge in [0.2, 0.25) is 0 Å². The lowest BCUT2D eigenvalue weighted by atomic mass is 10.2. The Balaban J connectivity index is 1.88. The molecule has 0 radical (unpaired) electrons. The van der Waals surface area contributed by atoms with Crippen molar-refractivity contribution in [2.24, 2.45) is 0 Å². The number of ether oxygens (including phenoxy) is 4. The second kappa shape index (κ2) is 11.8. The molecule has 1 aromatic heterocycles. The van der Waals surface area contributed by atoms with Gasteiger partial charge in [0, 0.05) is 16.5 Å². The molecule has 13 heteroatoms. The number of hydrogen-bond donors (Lipinski definition) is 1. The maximum atomic E-state index is 14.2. The second-order valence-corrected chi connectivity index (χ2v) is 6.68. The van der Waals surface area contributed by atoms with Crippen molar-refractivity contribution in [1.29, 1.82) is 0 Å². The zero-order chi connectivity index (χ0) is 23.8. The Hall–Kier alpha value is -2.96. The van der Waals surface area contributed by atoms with Crippen molar-refractivity contribution in [2.45, 2.75) is 13.2 Å². The van der Waals surface area contributed by atoms with Gasteiger partial charge in [0.1, 0.15) is 31.2 Å². The standard InChI is InChI=1S/C20H17ClF5N3O4/c21-11-1-2-14(13(22)7-11)29-18-12-8-16(30-3-5-32-19(23)24)17(9-15(12)27-10-28-18)31-4-6-33-20(25)26/h1-2,7-10,19-20H,3-6H2,(H,27,28,29). The predicted octanol–water partition coefficient (Wildman–Crippen LogP) is 5.40. The van der Waals surface area contributed by atoms with Gasteiger partial charge < -0.3 is 24.3 Å². The molecule has 178 valence electrons. The zero-order valence-electron chi connectivity index (χ0n) is 16.7. The maximum Gasteiger partial charge on any atom is 0.345 e. The Labute approximate surface area is 189 Å². The quantitative estimate of drug-likeness (QED) is 0.267. The lowest BCUT2D eigenvalue weighted by Gasteiger charge is -2.15. The highest BCUT2D eigenvalue weighted by atomic mass is 35.5. The molecule has 0 bridgehead atoms. The molecule has 0 atom stereocenters. The summed E-state index contributed by atoms with van der Waals surface area (Å²) >= 11 is 5.77. The van der Waals surface area contributed by atoms with Gasteiger partial charge in [-0.3, -0.25) is 0 Å². The van der Waals surface area contributed by atoms with Crippen LogP contribution < -0.4 is 14.8 Å². The van der Waals surface area contributed by atoms with E-state index in [-0.39, 0.29) is 41.2 Å². The molecule has 7 nitrogen and oxygen atoms in total. The lowest BCUT2D eigenvalue weighted by Crippen LogP contribution is -2.12. The number of hydrogen-bond acceptors (Lipinski definition) is 7. The van der Waals surface area contributed by atoms with E-state index in [0.717, 1.165) is 6.07 Å². The minimum absolute atomic E-state index is 0.0758. The van der Waals surface area contributed by atoms with Gasteiger partial charge in [-0.05, 0) is 24.3 Å². The summed E-state index contributed by atoms with van der Waals surface area (Å²) in [5.41, 5.74) is 0.444. The first-order valence-corrected chi connectivity index (χ1v) is 9.77. The molecular formula is C20H17ClF5N3O4. The Kier molecular flexibility index (Phi) is 8.80. The average molecular weight is 494 g/mol. The van der Waals surface area contributed by atoms with Crippen molar-refractivity contribution < 1.29 is 40.9 Å². The van der Waals surface area contributed by atoms with E-state index < -0.39 is 32.3 Å². The topological polar surface area (TPSA) is 74.7 Å². The van der Waals surface area contributed by atoms with E-state index in [9.17, 15) is 22.0 Å². The number of nitrogens with zero attached hydrogens (tertiary/aromatic N) is 2. The first-order valence-electron chi connectivity index (χ1n) is 9.39. The number of rotatable bonds is 12.